The van der Waals surface area contributed by atoms with Gasteiger partial charge in [-0.3, -0.25) is 4.79 Å². The summed E-state index contributed by atoms with van der Waals surface area (Å²) >= 11 is 0. The minimum Gasteiger partial charge on any atom is -0.481 e. The number of hydrogen-bond donors (Lipinski definition) is 2. The van der Waals surface area contributed by atoms with Gasteiger partial charge < -0.3 is 10.8 Å². The van der Waals surface area contributed by atoms with Gasteiger partial charge in [0.1, 0.15) is 0 Å². The zero-order valence-electron chi connectivity index (χ0n) is 5.79. The van der Waals surface area contributed by atoms with E-state index in [4.69, 9.17) is 10.8 Å². The van der Waals surface area contributed by atoms with Gasteiger partial charge in [-0.2, -0.15) is 0 Å². The van der Waals surface area contributed by atoms with E-state index in [-0.39, 0.29) is 18.4 Å². The minimum absolute atomic E-state index is 0.0671. The van der Waals surface area contributed by atoms with Gasteiger partial charge >= 0.3 is 5.97 Å². The average molecular weight is 131 g/mol. The molecule has 0 unspecified atom stereocenters. The fourth-order valence-corrected chi connectivity index (χ4v) is 0.437. The molecule has 0 bridgehead atoms. The minimum atomic E-state index is -0.823. The highest BCUT2D eigenvalue weighted by atomic mass is 16.4. The van der Waals surface area contributed by atoms with Crippen LogP contribution >= 0.6 is 0 Å². The van der Waals surface area contributed by atoms with Crippen LogP contribution in [0.1, 0.15) is 20.3 Å². The second kappa shape index (κ2) is 3.45. The van der Waals surface area contributed by atoms with Gasteiger partial charge in [-0.1, -0.05) is 13.8 Å². The molecular formula is C6H13NO2. The molecule has 0 radical (unpaired) electrons. The molecule has 0 fully saturated rings. The third-order valence-electron chi connectivity index (χ3n) is 1.27. The maximum absolute atomic E-state index is 10.0. The normalized spacial score (nSPS) is 13.8. The van der Waals surface area contributed by atoms with E-state index < -0.39 is 5.97 Å². The third-order valence-corrected chi connectivity index (χ3v) is 1.27. The van der Waals surface area contributed by atoms with Crippen molar-refractivity contribution < 1.29 is 9.90 Å². The van der Waals surface area contributed by atoms with Crippen molar-refractivity contribution in [1.29, 1.82) is 0 Å². The Morgan fingerprint density at radius 3 is 2.22 bits per heavy atom. The van der Waals surface area contributed by atoms with Crippen LogP contribution in [0.25, 0.3) is 0 Å². The number of carbonyl (C=O) groups is 1. The van der Waals surface area contributed by atoms with Crippen molar-refractivity contribution in [3.8, 4) is 0 Å². The Labute approximate surface area is 54.9 Å². The van der Waals surface area contributed by atoms with Crippen LogP contribution in [0.2, 0.25) is 0 Å². The molecule has 0 aliphatic carbocycles. The highest BCUT2D eigenvalue weighted by molar-refractivity contribution is 5.67. The zero-order chi connectivity index (χ0) is 7.44. The highest BCUT2D eigenvalue weighted by Gasteiger charge is 2.10. The van der Waals surface area contributed by atoms with Crippen molar-refractivity contribution in [3.05, 3.63) is 0 Å². The van der Waals surface area contributed by atoms with E-state index in [1.54, 1.807) is 0 Å². The monoisotopic (exact) mass is 131 g/mol. The SMILES string of the molecule is CC(C)[C@H](N)CC(=O)O. The lowest BCUT2D eigenvalue weighted by Crippen LogP contribution is -2.28. The summed E-state index contributed by atoms with van der Waals surface area (Å²) in [6, 6.07) is -0.206. The van der Waals surface area contributed by atoms with Gasteiger partial charge in [0.25, 0.3) is 0 Å². The lowest BCUT2D eigenvalue weighted by atomic mass is 10.0. The predicted octanol–water partition coefficient (Wildman–Crippen LogP) is 0.444. The molecular weight excluding hydrogens is 118 g/mol. The summed E-state index contributed by atoms with van der Waals surface area (Å²) in [5.74, 6) is -0.572. The fraction of sp³-hybridized carbons (Fsp3) is 0.833. The quantitative estimate of drug-likeness (QED) is 0.584. The number of rotatable bonds is 3. The Hall–Kier alpha value is -0.570. The van der Waals surface area contributed by atoms with Crippen molar-refractivity contribution in [2.24, 2.45) is 11.7 Å². The molecule has 0 rings (SSSR count). The Morgan fingerprint density at radius 1 is 1.67 bits per heavy atom. The molecule has 0 aromatic heterocycles. The lowest BCUT2D eigenvalue weighted by Gasteiger charge is -2.11. The van der Waals surface area contributed by atoms with Crippen LogP contribution in [0.4, 0.5) is 0 Å². The van der Waals surface area contributed by atoms with Gasteiger partial charge in [0.2, 0.25) is 0 Å². The van der Waals surface area contributed by atoms with Crippen molar-refractivity contribution in [1.82, 2.24) is 0 Å². The van der Waals surface area contributed by atoms with E-state index in [0.29, 0.717) is 0 Å². The average Bonchev–Trinajstić information content (AvgIpc) is 1.63. The molecule has 0 aromatic carbocycles. The van der Waals surface area contributed by atoms with Crippen LogP contribution in [0.3, 0.4) is 0 Å². The maximum Gasteiger partial charge on any atom is 0.304 e. The van der Waals surface area contributed by atoms with Gasteiger partial charge in [-0.15, -0.1) is 0 Å². The van der Waals surface area contributed by atoms with Crippen molar-refractivity contribution in [3.63, 3.8) is 0 Å². The molecule has 0 aliphatic heterocycles. The van der Waals surface area contributed by atoms with Gasteiger partial charge in [-0.05, 0) is 5.92 Å². The van der Waals surface area contributed by atoms with Gasteiger partial charge in [0.15, 0.2) is 0 Å². The van der Waals surface area contributed by atoms with Crippen molar-refractivity contribution in [2.45, 2.75) is 26.3 Å². The molecule has 54 valence electrons. The molecule has 3 nitrogen and oxygen atoms in total. The topological polar surface area (TPSA) is 63.3 Å². The molecule has 0 heterocycles. The first-order valence-electron chi connectivity index (χ1n) is 3.01. The first-order chi connectivity index (χ1) is 4.04. The summed E-state index contributed by atoms with van der Waals surface area (Å²) in [6.45, 7) is 3.82. The number of nitrogens with two attached hydrogens (primary N) is 1. The Kier molecular flexibility index (Phi) is 3.24. The van der Waals surface area contributed by atoms with E-state index in [1.165, 1.54) is 0 Å². The van der Waals surface area contributed by atoms with E-state index in [1.807, 2.05) is 13.8 Å². The maximum atomic E-state index is 10.0. The zero-order valence-corrected chi connectivity index (χ0v) is 5.79. The molecule has 0 saturated carbocycles. The molecule has 3 heteroatoms. The molecule has 0 amide bonds. The van der Waals surface area contributed by atoms with Crippen LogP contribution in [0.5, 0.6) is 0 Å². The summed E-state index contributed by atoms with van der Waals surface area (Å²) in [4.78, 5) is 10.0. The summed E-state index contributed by atoms with van der Waals surface area (Å²) in [7, 11) is 0. The van der Waals surface area contributed by atoms with Gasteiger partial charge in [0, 0.05) is 6.04 Å². The third kappa shape index (κ3) is 3.97. The molecule has 0 saturated heterocycles. The number of carboxylic acid groups (broad SMARTS) is 1. The van der Waals surface area contributed by atoms with E-state index in [9.17, 15) is 4.79 Å². The van der Waals surface area contributed by atoms with E-state index in [0.717, 1.165) is 0 Å². The first kappa shape index (κ1) is 8.43. The summed E-state index contributed by atoms with van der Waals surface area (Å²) in [5.41, 5.74) is 5.44. The molecule has 9 heavy (non-hydrogen) atoms. The number of aliphatic carboxylic acids is 1. The van der Waals surface area contributed by atoms with Crippen LogP contribution in [-0.4, -0.2) is 17.1 Å². The number of hydrogen-bond acceptors (Lipinski definition) is 2. The van der Waals surface area contributed by atoms with E-state index >= 15 is 0 Å². The number of carboxylic acids is 1. The standard InChI is InChI=1S/C6H13NO2/c1-4(2)5(7)3-6(8)9/h4-5H,3,7H2,1-2H3,(H,8,9)/t5-/m1/s1. The largest absolute Gasteiger partial charge is 0.481 e. The molecule has 0 aliphatic rings. The molecule has 0 aromatic rings. The van der Waals surface area contributed by atoms with Gasteiger partial charge in [0.05, 0.1) is 6.42 Å². The van der Waals surface area contributed by atoms with Crippen LogP contribution < -0.4 is 5.73 Å². The summed E-state index contributed by atoms with van der Waals surface area (Å²) in [6.07, 6.45) is 0.0671. The smallest absolute Gasteiger partial charge is 0.304 e. The second-order valence-corrected chi connectivity index (χ2v) is 2.51. The predicted molar refractivity (Wildman–Crippen MR) is 35.1 cm³/mol. The second-order valence-electron chi connectivity index (χ2n) is 2.51. The molecule has 1 atom stereocenters. The summed E-state index contributed by atoms with van der Waals surface area (Å²) in [5, 5.41) is 8.25. The van der Waals surface area contributed by atoms with Crippen LogP contribution in [-0.2, 0) is 4.79 Å². The van der Waals surface area contributed by atoms with E-state index in [2.05, 4.69) is 0 Å². The Balaban J connectivity index is 3.50. The fourth-order valence-electron chi connectivity index (χ4n) is 0.437. The van der Waals surface area contributed by atoms with Gasteiger partial charge in [-0.25, -0.2) is 0 Å². The molecule has 3 N–H and O–H groups in total. The first-order valence-corrected chi connectivity index (χ1v) is 3.01. The summed E-state index contributed by atoms with van der Waals surface area (Å²) < 4.78 is 0. The Morgan fingerprint density at radius 2 is 2.11 bits per heavy atom. The van der Waals surface area contributed by atoms with Crippen LogP contribution in [0, 0.1) is 5.92 Å². The van der Waals surface area contributed by atoms with Crippen LogP contribution in [0.15, 0.2) is 0 Å². The highest BCUT2D eigenvalue weighted by Crippen LogP contribution is 2.01. The molecule has 0 spiro atoms. The lowest BCUT2D eigenvalue weighted by molar-refractivity contribution is -0.137. The van der Waals surface area contributed by atoms with Crippen molar-refractivity contribution >= 4 is 5.97 Å². The van der Waals surface area contributed by atoms with Crippen molar-refractivity contribution in [2.75, 3.05) is 0 Å². The Bertz CT molecular complexity index is 101.